The minimum absolute atomic E-state index is 0.0365. The highest BCUT2D eigenvalue weighted by atomic mass is 19.1. The molecule has 2 fully saturated rings. The lowest BCUT2D eigenvalue weighted by molar-refractivity contribution is 0.115. The average Bonchev–Trinajstić information content (AvgIpc) is 2.83. The molecule has 2 saturated carbocycles. The molecule has 0 bridgehead atoms. The van der Waals surface area contributed by atoms with Crippen molar-refractivity contribution >= 4 is 0 Å². The highest BCUT2D eigenvalue weighted by molar-refractivity contribution is 5.66. The minimum Gasteiger partial charge on any atom is -0.486 e. The van der Waals surface area contributed by atoms with Crippen LogP contribution in [0.2, 0.25) is 0 Å². The molecule has 0 radical (unpaired) electrons. The third-order valence-electron chi connectivity index (χ3n) is 7.81. The quantitative estimate of drug-likeness (QED) is 0.351. The van der Waals surface area contributed by atoms with Crippen molar-refractivity contribution in [3.63, 3.8) is 0 Å². The highest BCUT2D eigenvalue weighted by Crippen LogP contribution is 2.48. The first-order valence-electron chi connectivity index (χ1n) is 12.6. The molecule has 4 heteroatoms. The van der Waals surface area contributed by atoms with Gasteiger partial charge in [0.2, 0.25) is 0 Å². The molecule has 0 heterocycles. The van der Waals surface area contributed by atoms with Gasteiger partial charge in [-0.15, -0.1) is 0 Å². The molecule has 0 saturated heterocycles. The first-order chi connectivity index (χ1) is 16.5. The van der Waals surface area contributed by atoms with Crippen molar-refractivity contribution in [1.82, 2.24) is 0 Å². The third kappa shape index (κ3) is 5.59. The summed E-state index contributed by atoms with van der Waals surface area (Å²) < 4.78 is 49.8. The Hall–Kier alpha value is -2.49. The van der Waals surface area contributed by atoms with Gasteiger partial charge in [0.15, 0.2) is 11.6 Å². The number of fused-ring (bicyclic) bond motifs is 1. The molecular formula is C30H35F3O. The first-order valence-corrected chi connectivity index (χ1v) is 12.6. The molecule has 2 aliphatic rings. The van der Waals surface area contributed by atoms with E-state index < -0.39 is 17.5 Å². The van der Waals surface area contributed by atoms with Crippen LogP contribution in [-0.2, 0) is 0 Å². The number of benzene rings is 2. The van der Waals surface area contributed by atoms with E-state index in [1.807, 2.05) is 0 Å². The van der Waals surface area contributed by atoms with Crippen molar-refractivity contribution in [2.45, 2.75) is 64.2 Å². The molecule has 182 valence electrons. The summed E-state index contributed by atoms with van der Waals surface area (Å²) in [4.78, 5) is 0. The molecule has 0 amide bonds. The zero-order valence-corrected chi connectivity index (χ0v) is 20.0. The predicted molar refractivity (Wildman–Crippen MR) is 132 cm³/mol. The van der Waals surface area contributed by atoms with Gasteiger partial charge in [-0.1, -0.05) is 37.3 Å². The Balaban J connectivity index is 1.45. The molecule has 4 atom stereocenters. The lowest BCUT2D eigenvalue weighted by Gasteiger charge is -2.42. The van der Waals surface area contributed by atoms with Gasteiger partial charge >= 0.3 is 0 Å². The summed E-state index contributed by atoms with van der Waals surface area (Å²) in [5.41, 5.74) is 0.719. The predicted octanol–water partition coefficient (Wildman–Crippen LogP) is 8.99. The molecule has 4 unspecified atom stereocenters. The first kappa shape index (κ1) is 24.6. The van der Waals surface area contributed by atoms with Gasteiger partial charge in [0.25, 0.3) is 0 Å². The van der Waals surface area contributed by atoms with Crippen LogP contribution in [-0.4, -0.2) is 6.61 Å². The van der Waals surface area contributed by atoms with E-state index in [2.05, 4.69) is 25.7 Å². The maximum atomic E-state index is 15.1. The molecule has 0 N–H and O–H groups in total. The Labute approximate surface area is 201 Å². The van der Waals surface area contributed by atoms with E-state index in [-0.39, 0.29) is 29.4 Å². The van der Waals surface area contributed by atoms with E-state index in [4.69, 9.17) is 4.74 Å². The van der Waals surface area contributed by atoms with Gasteiger partial charge in [-0.05, 0) is 111 Å². The number of halogens is 3. The fourth-order valence-corrected chi connectivity index (χ4v) is 6.08. The SMILES string of the molecule is C=CCOc1ccc(-c2c(F)cc(C3CCC4CC(CC/C=C/C)CCC4C3)cc2F)cc1F. The van der Waals surface area contributed by atoms with Crippen LogP contribution in [0.5, 0.6) is 5.75 Å². The van der Waals surface area contributed by atoms with Gasteiger partial charge in [0, 0.05) is 0 Å². The van der Waals surface area contributed by atoms with Gasteiger partial charge in [-0.25, -0.2) is 13.2 Å². The minimum atomic E-state index is -0.651. The lowest BCUT2D eigenvalue weighted by Crippen LogP contribution is -2.30. The van der Waals surface area contributed by atoms with E-state index in [1.54, 1.807) is 0 Å². The van der Waals surface area contributed by atoms with Gasteiger partial charge < -0.3 is 4.74 Å². The lowest BCUT2D eigenvalue weighted by atomic mass is 9.63. The molecule has 0 spiro atoms. The topological polar surface area (TPSA) is 9.23 Å². The summed E-state index contributed by atoms with van der Waals surface area (Å²) in [6.45, 7) is 5.77. The number of hydrogen-bond acceptors (Lipinski definition) is 1. The van der Waals surface area contributed by atoms with Crippen molar-refractivity contribution in [3.05, 3.63) is 78.2 Å². The largest absolute Gasteiger partial charge is 0.486 e. The van der Waals surface area contributed by atoms with Gasteiger partial charge in [0.1, 0.15) is 18.2 Å². The number of allylic oxidation sites excluding steroid dienone is 2. The molecule has 34 heavy (non-hydrogen) atoms. The molecule has 0 aromatic heterocycles. The molecule has 4 rings (SSSR count). The zero-order chi connectivity index (χ0) is 24.1. The Bertz CT molecular complexity index is 1000. The Kier molecular flexibility index (Phi) is 8.18. The Morgan fingerprint density at radius 1 is 0.941 bits per heavy atom. The zero-order valence-electron chi connectivity index (χ0n) is 20.0. The molecule has 0 aliphatic heterocycles. The van der Waals surface area contributed by atoms with Crippen molar-refractivity contribution in [2.24, 2.45) is 17.8 Å². The van der Waals surface area contributed by atoms with Crippen LogP contribution < -0.4 is 4.74 Å². The van der Waals surface area contributed by atoms with E-state index in [1.165, 1.54) is 62.4 Å². The molecule has 1 nitrogen and oxygen atoms in total. The van der Waals surface area contributed by atoms with Crippen LogP contribution in [0.1, 0.15) is 69.8 Å². The summed E-state index contributed by atoms with van der Waals surface area (Å²) in [5, 5.41) is 0. The summed E-state index contributed by atoms with van der Waals surface area (Å²) in [6.07, 6.45) is 15.3. The number of hydrogen-bond donors (Lipinski definition) is 0. The summed E-state index contributed by atoms with van der Waals surface area (Å²) >= 11 is 0. The average molecular weight is 469 g/mol. The van der Waals surface area contributed by atoms with Crippen LogP contribution in [0.25, 0.3) is 11.1 Å². The highest BCUT2D eigenvalue weighted by Gasteiger charge is 2.36. The van der Waals surface area contributed by atoms with E-state index in [0.717, 1.165) is 42.7 Å². The van der Waals surface area contributed by atoms with Crippen LogP contribution in [0.15, 0.2) is 55.1 Å². The fraction of sp³-hybridized carbons (Fsp3) is 0.467. The smallest absolute Gasteiger partial charge is 0.165 e. The Morgan fingerprint density at radius 3 is 2.38 bits per heavy atom. The number of ether oxygens (including phenoxy) is 1. The fourth-order valence-electron chi connectivity index (χ4n) is 6.08. The second-order valence-corrected chi connectivity index (χ2v) is 9.96. The third-order valence-corrected chi connectivity index (χ3v) is 7.81. The molecule has 2 aliphatic carbocycles. The maximum Gasteiger partial charge on any atom is 0.165 e. The summed E-state index contributed by atoms with van der Waals surface area (Å²) in [5.74, 6) is 0.519. The standard InChI is InChI=1S/C30H35F3O/c1-3-5-6-7-20-8-9-22-16-23(11-10-21(22)15-20)25-18-27(32)30(28(33)19-25)24-12-13-29(26(31)17-24)34-14-4-2/h3-5,12-13,17-23H,2,6-11,14-16H2,1H3/b5-3+. The van der Waals surface area contributed by atoms with E-state index in [0.29, 0.717) is 5.92 Å². The van der Waals surface area contributed by atoms with Crippen molar-refractivity contribution in [1.29, 1.82) is 0 Å². The van der Waals surface area contributed by atoms with Crippen molar-refractivity contribution in [3.8, 4) is 16.9 Å². The van der Waals surface area contributed by atoms with Crippen LogP contribution >= 0.6 is 0 Å². The van der Waals surface area contributed by atoms with Gasteiger partial charge in [0.05, 0.1) is 5.56 Å². The van der Waals surface area contributed by atoms with Gasteiger partial charge in [-0.2, -0.15) is 0 Å². The normalized spacial score (nSPS) is 24.7. The van der Waals surface area contributed by atoms with Gasteiger partial charge in [-0.3, -0.25) is 0 Å². The van der Waals surface area contributed by atoms with Crippen LogP contribution in [0.3, 0.4) is 0 Å². The molecular weight excluding hydrogens is 433 g/mol. The molecule has 2 aromatic carbocycles. The second kappa shape index (κ2) is 11.3. The van der Waals surface area contributed by atoms with Crippen LogP contribution in [0, 0.1) is 35.2 Å². The maximum absolute atomic E-state index is 15.1. The van der Waals surface area contributed by atoms with E-state index in [9.17, 15) is 4.39 Å². The van der Waals surface area contributed by atoms with Crippen LogP contribution in [0.4, 0.5) is 13.2 Å². The summed E-state index contributed by atoms with van der Waals surface area (Å²) in [6, 6.07) is 6.94. The second-order valence-electron chi connectivity index (χ2n) is 9.96. The van der Waals surface area contributed by atoms with Crippen molar-refractivity contribution < 1.29 is 17.9 Å². The van der Waals surface area contributed by atoms with E-state index >= 15 is 8.78 Å². The molecule has 2 aromatic rings. The number of rotatable bonds is 8. The van der Waals surface area contributed by atoms with Crippen molar-refractivity contribution in [2.75, 3.05) is 6.61 Å². The Morgan fingerprint density at radius 2 is 1.68 bits per heavy atom. The monoisotopic (exact) mass is 468 g/mol. The summed E-state index contributed by atoms with van der Waals surface area (Å²) in [7, 11) is 0.